The molecule has 0 radical (unpaired) electrons. The minimum absolute atomic E-state index is 0.288. The van der Waals surface area contributed by atoms with Crippen molar-refractivity contribution in [3.05, 3.63) is 34.3 Å². The van der Waals surface area contributed by atoms with Gasteiger partial charge in [0, 0.05) is 6.04 Å². The fraction of sp³-hybridized carbons (Fsp3) is 0.500. The predicted octanol–water partition coefficient (Wildman–Crippen LogP) is 4.55. The summed E-state index contributed by atoms with van der Waals surface area (Å²) < 4.78 is 37.9. The summed E-state index contributed by atoms with van der Waals surface area (Å²) in [6.45, 7) is 2.01. The van der Waals surface area contributed by atoms with Crippen LogP contribution < -0.4 is 5.73 Å². The van der Waals surface area contributed by atoms with Gasteiger partial charge in [0.25, 0.3) is 0 Å². The molecular weight excluding hydrogens is 251 g/mol. The summed E-state index contributed by atoms with van der Waals surface area (Å²) in [6.07, 6.45) is -1.90. The Bertz CT molecular complexity index is 377. The lowest BCUT2D eigenvalue weighted by atomic mass is 10.00. The zero-order valence-electron chi connectivity index (χ0n) is 9.52. The van der Waals surface area contributed by atoms with Crippen LogP contribution in [0.1, 0.15) is 43.4 Å². The molecule has 1 rings (SSSR count). The number of nitrogens with two attached hydrogens (primary N) is 1. The zero-order chi connectivity index (χ0) is 13.1. The molecule has 1 atom stereocenters. The molecule has 0 spiro atoms. The fourth-order valence-corrected chi connectivity index (χ4v) is 1.81. The summed E-state index contributed by atoms with van der Waals surface area (Å²) in [5.41, 5.74) is 5.50. The van der Waals surface area contributed by atoms with E-state index in [1.54, 1.807) is 6.07 Å². The molecule has 96 valence electrons. The van der Waals surface area contributed by atoms with Gasteiger partial charge in [-0.3, -0.25) is 0 Å². The summed E-state index contributed by atoms with van der Waals surface area (Å²) in [4.78, 5) is 0. The number of halogens is 4. The molecule has 0 aromatic heterocycles. The molecule has 17 heavy (non-hydrogen) atoms. The summed E-state index contributed by atoms with van der Waals surface area (Å²) in [5.74, 6) is 0. The van der Waals surface area contributed by atoms with Crippen LogP contribution in [-0.4, -0.2) is 0 Å². The van der Waals surface area contributed by atoms with Crippen molar-refractivity contribution in [2.45, 2.75) is 38.4 Å². The van der Waals surface area contributed by atoms with E-state index in [0.717, 1.165) is 18.9 Å². The molecule has 0 heterocycles. The van der Waals surface area contributed by atoms with E-state index in [9.17, 15) is 13.2 Å². The molecule has 0 aliphatic carbocycles. The summed E-state index contributed by atoms with van der Waals surface area (Å²) in [5, 5.41) is -0.288. The van der Waals surface area contributed by atoms with Crippen molar-refractivity contribution in [3.63, 3.8) is 0 Å². The molecule has 0 unspecified atom stereocenters. The molecule has 0 amide bonds. The summed E-state index contributed by atoms with van der Waals surface area (Å²) in [6, 6.07) is 3.49. The van der Waals surface area contributed by atoms with Crippen LogP contribution >= 0.6 is 11.6 Å². The molecule has 0 aliphatic rings. The van der Waals surface area contributed by atoms with Gasteiger partial charge in [0.2, 0.25) is 0 Å². The Morgan fingerprint density at radius 2 is 2.00 bits per heavy atom. The second kappa shape index (κ2) is 5.74. The smallest absolute Gasteiger partial charge is 0.324 e. The lowest BCUT2D eigenvalue weighted by molar-refractivity contribution is -0.137. The number of hydrogen-bond acceptors (Lipinski definition) is 1. The first-order valence-corrected chi connectivity index (χ1v) is 5.86. The third-order valence-corrected chi connectivity index (χ3v) is 2.92. The largest absolute Gasteiger partial charge is 0.417 e. The highest BCUT2D eigenvalue weighted by molar-refractivity contribution is 6.31. The van der Waals surface area contributed by atoms with Crippen molar-refractivity contribution in [2.75, 3.05) is 0 Å². The van der Waals surface area contributed by atoms with Crippen LogP contribution in [-0.2, 0) is 6.18 Å². The average Bonchev–Trinajstić information content (AvgIpc) is 2.25. The van der Waals surface area contributed by atoms with E-state index in [4.69, 9.17) is 17.3 Å². The van der Waals surface area contributed by atoms with Gasteiger partial charge >= 0.3 is 6.18 Å². The Hall–Kier alpha value is -0.740. The second-order valence-electron chi connectivity index (χ2n) is 3.99. The normalized spacial score (nSPS) is 13.8. The summed E-state index contributed by atoms with van der Waals surface area (Å²) in [7, 11) is 0. The first-order valence-electron chi connectivity index (χ1n) is 5.48. The molecule has 0 saturated carbocycles. The van der Waals surface area contributed by atoms with Crippen molar-refractivity contribution in [2.24, 2.45) is 5.73 Å². The monoisotopic (exact) mass is 265 g/mol. The Morgan fingerprint density at radius 3 is 2.53 bits per heavy atom. The standard InChI is InChI=1S/C12H15ClF3N/c1-2-3-4-11(17)8-5-6-10(13)9(7-8)12(14,15)16/h5-7,11H,2-4,17H2,1H3/t11-/m0/s1. The van der Waals surface area contributed by atoms with Crippen LogP contribution in [0.2, 0.25) is 5.02 Å². The van der Waals surface area contributed by atoms with Gasteiger partial charge in [-0.25, -0.2) is 0 Å². The number of alkyl halides is 3. The van der Waals surface area contributed by atoms with Gasteiger partial charge in [0.05, 0.1) is 10.6 Å². The third-order valence-electron chi connectivity index (χ3n) is 2.59. The highest BCUT2D eigenvalue weighted by Gasteiger charge is 2.33. The van der Waals surface area contributed by atoms with Gasteiger partial charge in [-0.15, -0.1) is 0 Å². The van der Waals surface area contributed by atoms with E-state index in [1.807, 2.05) is 6.92 Å². The van der Waals surface area contributed by atoms with Crippen molar-refractivity contribution in [1.29, 1.82) is 0 Å². The van der Waals surface area contributed by atoms with Crippen molar-refractivity contribution >= 4 is 11.6 Å². The van der Waals surface area contributed by atoms with Gasteiger partial charge in [-0.1, -0.05) is 37.4 Å². The fourth-order valence-electron chi connectivity index (χ4n) is 1.58. The van der Waals surface area contributed by atoms with Crippen LogP contribution in [0.25, 0.3) is 0 Å². The molecule has 0 saturated heterocycles. The van der Waals surface area contributed by atoms with Gasteiger partial charge in [-0.05, 0) is 24.1 Å². The van der Waals surface area contributed by atoms with Gasteiger partial charge in [0.15, 0.2) is 0 Å². The molecule has 5 heteroatoms. The quantitative estimate of drug-likeness (QED) is 0.849. The molecule has 1 nitrogen and oxygen atoms in total. The Balaban J connectivity index is 2.96. The van der Waals surface area contributed by atoms with Gasteiger partial charge in [0.1, 0.15) is 0 Å². The third kappa shape index (κ3) is 3.89. The minimum atomic E-state index is -4.43. The first-order chi connectivity index (χ1) is 7.86. The second-order valence-corrected chi connectivity index (χ2v) is 4.39. The van der Waals surface area contributed by atoms with Crippen LogP contribution in [0.15, 0.2) is 18.2 Å². The highest BCUT2D eigenvalue weighted by atomic mass is 35.5. The average molecular weight is 266 g/mol. The van der Waals surface area contributed by atoms with E-state index < -0.39 is 11.7 Å². The minimum Gasteiger partial charge on any atom is -0.324 e. The lowest BCUT2D eigenvalue weighted by Gasteiger charge is -2.15. The number of benzene rings is 1. The first kappa shape index (κ1) is 14.3. The van der Waals surface area contributed by atoms with Crippen molar-refractivity contribution in [3.8, 4) is 0 Å². The zero-order valence-corrected chi connectivity index (χ0v) is 10.3. The molecule has 1 aromatic rings. The molecule has 0 aliphatic heterocycles. The molecule has 0 fully saturated rings. The number of hydrogen-bond donors (Lipinski definition) is 1. The maximum Gasteiger partial charge on any atom is 0.417 e. The van der Waals surface area contributed by atoms with E-state index >= 15 is 0 Å². The number of unbranched alkanes of at least 4 members (excludes halogenated alkanes) is 1. The van der Waals surface area contributed by atoms with Crippen molar-refractivity contribution in [1.82, 2.24) is 0 Å². The molecule has 0 bridgehead atoms. The maximum absolute atomic E-state index is 12.6. The maximum atomic E-state index is 12.6. The molecule has 2 N–H and O–H groups in total. The highest BCUT2D eigenvalue weighted by Crippen LogP contribution is 2.36. The molecular formula is C12H15ClF3N. The molecule has 1 aromatic carbocycles. The number of rotatable bonds is 4. The topological polar surface area (TPSA) is 26.0 Å². The van der Waals surface area contributed by atoms with Crippen LogP contribution in [0.3, 0.4) is 0 Å². The Kier molecular flexibility index (Phi) is 4.83. The van der Waals surface area contributed by atoms with Crippen LogP contribution in [0.4, 0.5) is 13.2 Å². The van der Waals surface area contributed by atoms with Gasteiger partial charge < -0.3 is 5.73 Å². The Morgan fingerprint density at radius 1 is 1.35 bits per heavy atom. The van der Waals surface area contributed by atoms with E-state index in [2.05, 4.69) is 0 Å². The van der Waals surface area contributed by atoms with Crippen LogP contribution in [0, 0.1) is 0 Å². The SMILES string of the molecule is CCCC[C@H](N)c1ccc(Cl)c(C(F)(F)F)c1. The van der Waals surface area contributed by atoms with Crippen LogP contribution in [0.5, 0.6) is 0 Å². The van der Waals surface area contributed by atoms with Gasteiger partial charge in [-0.2, -0.15) is 13.2 Å². The predicted molar refractivity (Wildman–Crippen MR) is 62.9 cm³/mol. The van der Waals surface area contributed by atoms with E-state index in [1.165, 1.54) is 6.07 Å². The lowest BCUT2D eigenvalue weighted by Crippen LogP contribution is -2.13. The van der Waals surface area contributed by atoms with E-state index in [0.29, 0.717) is 12.0 Å². The van der Waals surface area contributed by atoms with E-state index in [-0.39, 0.29) is 11.1 Å². The Labute approximate surface area is 104 Å². The summed E-state index contributed by atoms with van der Waals surface area (Å²) >= 11 is 5.53. The van der Waals surface area contributed by atoms with Crippen molar-refractivity contribution < 1.29 is 13.2 Å².